The van der Waals surface area contributed by atoms with Gasteiger partial charge < -0.3 is 9.84 Å². The van der Waals surface area contributed by atoms with Crippen molar-refractivity contribution in [3.05, 3.63) is 22.2 Å². The number of terminal acetylenes is 1. The second-order valence-corrected chi connectivity index (χ2v) is 4.59. The van der Waals surface area contributed by atoms with Crippen LogP contribution in [0, 0.1) is 12.3 Å². The van der Waals surface area contributed by atoms with E-state index in [2.05, 4.69) is 21.9 Å². The van der Waals surface area contributed by atoms with Crippen molar-refractivity contribution in [2.45, 2.75) is 18.3 Å². The summed E-state index contributed by atoms with van der Waals surface area (Å²) in [5.41, 5.74) is 0.898. The van der Waals surface area contributed by atoms with Crippen molar-refractivity contribution in [3.8, 4) is 23.8 Å². The summed E-state index contributed by atoms with van der Waals surface area (Å²) >= 11 is 3.29. The van der Waals surface area contributed by atoms with Gasteiger partial charge in [-0.15, -0.1) is 6.42 Å². The van der Waals surface area contributed by atoms with Gasteiger partial charge in [0, 0.05) is 0 Å². The number of phenolic OH excluding ortho intramolecular Hbond substituents is 1. The fourth-order valence-corrected chi connectivity index (χ4v) is 2.09. The van der Waals surface area contributed by atoms with Gasteiger partial charge in [-0.05, 0) is 46.5 Å². The first-order chi connectivity index (χ1) is 7.13. The molecule has 0 heterocycles. The van der Waals surface area contributed by atoms with E-state index in [-0.39, 0.29) is 11.2 Å². The van der Waals surface area contributed by atoms with E-state index in [1.165, 1.54) is 7.11 Å². The summed E-state index contributed by atoms with van der Waals surface area (Å²) in [6, 6.07) is 3.68. The number of aromatic hydroxyl groups is 1. The Labute approximate surface area is 97.4 Å². The molecule has 2 nitrogen and oxygen atoms in total. The van der Waals surface area contributed by atoms with Gasteiger partial charge in [-0.2, -0.15) is 0 Å². The highest BCUT2D eigenvalue weighted by Gasteiger charge is 2.43. The summed E-state index contributed by atoms with van der Waals surface area (Å²) in [4.78, 5) is 0. The van der Waals surface area contributed by atoms with E-state index >= 15 is 0 Å². The van der Waals surface area contributed by atoms with E-state index in [0.717, 1.165) is 18.4 Å². The Morgan fingerprint density at radius 2 is 2.20 bits per heavy atom. The zero-order chi connectivity index (χ0) is 11.1. The van der Waals surface area contributed by atoms with Crippen LogP contribution in [-0.4, -0.2) is 12.2 Å². The molecule has 0 amide bonds. The molecule has 0 atom stereocenters. The Hall–Kier alpha value is -1.14. The van der Waals surface area contributed by atoms with Crippen LogP contribution in [-0.2, 0) is 5.41 Å². The second kappa shape index (κ2) is 3.46. The van der Waals surface area contributed by atoms with Crippen LogP contribution in [0.5, 0.6) is 11.5 Å². The highest BCUT2D eigenvalue weighted by molar-refractivity contribution is 9.10. The van der Waals surface area contributed by atoms with Gasteiger partial charge in [0.25, 0.3) is 0 Å². The molecule has 1 aliphatic carbocycles. The lowest BCUT2D eigenvalue weighted by molar-refractivity contribution is 0.371. The van der Waals surface area contributed by atoms with Crippen LogP contribution < -0.4 is 4.74 Å². The maximum absolute atomic E-state index is 9.66. The van der Waals surface area contributed by atoms with E-state index in [1.54, 1.807) is 0 Å². The Morgan fingerprint density at radius 1 is 1.53 bits per heavy atom. The molecule has 1 N–H and O–H groups in total. The first-order valence-corrected chi connectivity index (χ1v) is 5.47. The molecule has 0 aliphatic heterocycles. The zero-order valence-electron chi connectivity index (χ0n) is 8.38. The lowest BCUT2D eigenvalue weighted by Crippen LogP contribution is -2.03. The van der Waals surface area contributed by atoms with Gasteiger partial charge in [0.2, 0.25) is 0 Å². The third-order valence-electron chi connectivity index (χ3n) is 2.83. The van der Waals surface area contributed by atoms with Gasteiger partial charge in [-0.25, -0.2) is 0 Å². The van der Waals surface area contributed by atoms with E-state index < -0.39 is 0 Å². The lowest BCUT2D eigenvalue weighted by Gasteiger charge is -2.12. The Balaban J connectivity index is 2.52. The highest BCUT2D eigenvalue weighted by Crippen LogP contribution is 2.50. The molecule has 1 fully saturated rings. The number of methoxy groups -OCH3 is 1. The Kier molecular flexibility index (Phi) is 2.40. The van der Waals surface area contributed by atoms with Crippen LogP contribution in [0.1, 0.15) is 18.4 Å². The predicted molar refractivity (Wildman–Crippen MR) is 62.1 cm³/mol. The number of rotatable bonds is 2. The Morgan fingerprint density at radius 3 is 2.67 bits per heavy atom. The summed E-state index contributed by atoms with van der Waals surface area (Å²) in [7, 11) is 1.53. The van der Waals surface area contributed by atoms with Crippen LogP contribution in [0.2, 0.25) is 0 Å². The zero-order valence-corrected chi connectivity index (χ0v) is 9.97. The van der Waals surface area contributed by atoms with Crippen molar-refractivity contribution < 1.29 is 9.84 Å². The fraction of sp³-hybridized carbons (Fsp3) is 0.333. The number of phenols is 1. The molecule has 1 saturated carbocycles. The van der Waals surface area contributed by atoms with Crippen LogP contribution >= 0.6 is 15.9 Å². The normalized spacial score (nSPS) is 16.9. The lowest BCUT2D eigenvalue weighted by atomic mass is 9.97. The quantitative estimate of drug-likeness (QED) is 0.835. The average Bonchev–Trinajstić information content (AvgIpc) is 3.02. The van der Waals surface area contributed by atoms with Crippen LogP contribution in [0.25, 0.3) is 0 Å². The van der Waals surface area contributed by atoms with E-state index in [0.29, 0.717) is 10.2 Å². The van der Waals surface area contributed by atoms with Crippen LogP contribution in [0.3, 0.4) is 0 Å². The maximum atomic E-state index is 9.66. The number of ether oxygens (including phenoxy) is 1. The van der Waals surface area contributed by atoms with Gasteiger partial charge >= 0.3 is 0 Å². The first kappa shape index (κ1) is 10.4. The van der Waals surface area contributed by atoms with E-state index in [1.807, 2.05) is 12.1 Å². The minimum Gasteiger partial charge on any atom is -0.503 e. The Bertz CT molecular complexity index is 442. The number of halogens is 1. The molecule has 1 aromatic carbocycles. The summed E-state index contributed by atoms with van der Waals surface area (Å²) in [6.45, 7) is 0. The average molecular weight is 267 g/mol. The van der Waals surface area contributed by atoms with Crippen LogP contribution in [0.15, 0.2) is 16.6 Å². The van der Waals surface area contributed by atoms with E-state index in [9.17, 15) is 5.11 Å². The molecule has 1 aliphatic rings. The fourth-order valence-electron chi connectivity index (χ4n) is 1.65. The van der Waals surface area contributed by atoms with Gasteiger partial charge in [-0.3, -0.25) is 0 Å². The largest absolute Gasteiger partial charge is 0.503 e. The van der Waals surface area contributed by atoms with Crippen molar-refractivity contribution in [1.82, 2.24) is 0 Å². The molecule has 0 radical (unpaired) electrons. The number of benzene rings is 1. The molecule has 0 spiro atoms. The summed E-state index contributed by atoms with van der Waals surface area (Å²) in [6.07, 6.45) is 7.52. The molecule has 0 unspecified atom stereocenters. The molecule has 1 aromatic rings. The topological polar surface area (TPSA) is 29.5 Å². The minimum absolute atomic E-state index is 0.120. The summed E-state index contributed by atoms with van der Waals surface area (Å²) in [5.74, 6) is 3.39. The molecule has 78 valence electrons. The smallest absolute Gasteiger partial charge is 0.172 e. The molecule has 0 aromatic heterocycles. The van der Waals surface area contributed by atoms with Gasteiger partial charge in [-0.1, -0.05) is 5.92 Å². The van der Waals surface area contributed by atoms with Crippen molar-refractivity contribution in [2.24, 2.45) is 0 Å². The van der Waals surface area contributed by atoms with Gasteiger partial charge in [0.15, 0.2) is 11.5 Å². The first-order valence-electron chi connectivity index (χ1n) is 4.68. The van der Waals surface area contributed by atoms with E-state index in [4.69, 9.17) is 11.2 Å². The molecular formula is C12H11BrO2. The number of hydrogen-bond acceptors (Lipinski definition) is 2. The predicted octanol–water partition coefficient (Wildman–Crippen LogP) is 2.83. The third kappa shape index (κ3) is 1.59. The minimum atomic E-state index is -0.135. The maximum Gasteiger partial charge on any atom is 0.172 e. The van der Waals surface area contributed by atoms with Crippen LogP contribution in [0.4, 0.5) is 0 Å². The molecular weight excluding hydrogens is 256 g/mol. The summed E-state index contributed by atoms with van der Waals surface area (Å²) in [5, 5.41) is 9.66. The third-order valence-corrected chi connectivity index (χ3v) is 3.43. The molecule has 3 heteroatoms. The monoisotopic (exact) mass is 266 g/mol. The van der Waals surface area contributed by atoms with Crippen molar-refractivity contribution >= 4 is 15.9 Å². The highest BCUT2D eigenvalue weighted by atomic mass is 79.9. The van der Waals surface area contributed by atoms with Crippen molar-refractivity contribution in [2.75, 3.05) is 7.11 Å². The van der Waals surface area contributed by atoms with Crippen molar-refractivity contribution in [1.29, 1.82) is 0 Å². The van der Waals surface area contributed by atoms with Gasteiger partial charge in [0.05, 0.1) is 17.0 Å². The van der Waals surface area contributed by atoms with Crippen molar-refractivity contribution in [3.63, 3.8) is 0 Å². The molecule has 15 heavy (non-hydrogen) atoms. The SMILES string of the molecule is C#CC1(c2cc(Br)c(O)c(OC)c2)CC1. The summed E-state index contributed by atoms with van der Waals surface area (Å²) < 4.78 is 5.71. The second-order valence-electron chi connectivity index (χ2n) is 3.74. The van der Waals surface area contributed by atoms with Gasteiger partial charge in [0.1, 0.15) is 0 Å². The molecule has 0 bridgehead atoms. The standard InChI is InChI=1S/C12H11BrO2/c1-3-12(4-5-12)8-6-9(13)11(14)10(7-8)15-2/h1,6-7,14H,4-5H2,2H3. The molecule has 0 saturated heterocycles. The molecule has 2 rings (SSSR count). The number of hydrogen-bond donors (Lipinski definition) is 1.